The van der Waals surface area contributed by atoms with E-state index in [0.29, 0.717) is 5.56 Å². The van der Waals surface area contributed by atoms with Gasteiger partial charge in [0.25, 0.3) is 0 Å². The van der Waals surface area contributed by atoms with E-state index >= 15 is 0 Å². The van der Waals surface area contributed by atoms with E-state index in [1.165, 1.54) is 6.07 Å². The van der Waals surface area contributed by atoms with Crippen molar-refractivity contribution in [2.75, 3.05) is 6.54 Å². The minimum atomic E-state index is -0.604. The van der Waals surface area contributed by atoms with Crippen LogP contribution in [0.2, 0.25) is 0 Å². The van der Waals surface area contributed by atoms with Crippen LogP contribution < -0.4 is 5.73 Å². The average Bonchev–Trinajstić information content (AvgIpc) is 2.59. The zero-order chi connectivity index (χ0) is 14.3. The molecule has 19 heavy (non-hydrogen) atoms. The van der Waals surface area contributed by atoms with E-state index < -0.39 is 23.2 Å². The molecule has 1 fully saturated rings. The Balaban J connectivity index is 2.32. The lowest BCUT2D eigenvalue weighted by Crippen LogP contribution is -2.44. The van der Waals surface area contributed by atoms with Crippen molar-refractivity contribution >= 4 is 0 Å². The Hall–Kier alpha value is -1.00. The van der Waals surface area contributed by atoms with Gasteiger partial charge >= 0.3 is 0 Å². The van der Waals surface area contributed by atoms with Crippen molar-refractivity contribution < 1.29 is 13.9 Å². The van der Waals surface area contributed by atoms with Crippen LogP contribution in [0.4, 0.5) is 8.78 Å². The van der Waals surface area contributed by atoms with Gasteiger partial charge in [-0.1, -0.05) is 13.8 Å². The fraction of sp³-hybridized carbons (Fsp3) is 0.600. The van der Waals surface area contributed by atoms with Crippen LogP contribution in [-0.2, 0) is 6.42 Å². The third-order valence-electron chi connectivity index (χ3n) is 4.54. The topological polar surface area (TPSA) is 46.2 Å². The zero-order valence-electron chi connectivity index (χ0n) is 11.4. The SMILES string of the molecule is CC1(C)CCC(CN)(Cc2cc(F)ccc2F)C1O. The van der Waals surface area contributed by atoms with Crippen LogP contribution in [0, 0.1) is 22.5 Å². The van der Waals surface area contributed by atoms with E-state index in [1.807, 2.05) is 13.8 Å². The summed E-state index contributed by atoms with van der Waals surface area (Å²) in [5.41, 5.74) is 5.34. The summed E-state index contributed by atoms with van der Waals surface area (Å²) in [7, 11) is 0. The van der Waals surface area contributed by atoms with Crippen molar-refractivity contribution in [3.8, 4) is 0 Å². The fourth-order valence-electron chi connectivity index (χ4n) is 3.20. The number of hydrogen-bond donors (Lipinski definition) is 2. The summed E-state index contributed by atoms with van der Waals surface area (Å²) < 4.78 is 27.0. The zero-order valence-corrected chi connectivity index (χ0v) is 11.4. The lowest BCUT2D eigenvalue weighted by atomic mass is 9.74. The summed E-state index contributed by atoms with van der Waals surface area (Å²) in [5, 5.41) is 10.5. The highest BCUT2D eigenvalue weighted by Gasteiger charge is 2.51. The Kier molecular flexibility index (Phi) is 3.67. The largest absolute Gasteiger partial charge is 0.392 e. The number of aliphatic hydroxyl groups excluding tert-OH is 1. The number of benzene rings is 1. The van der Waals surface area contributed by atoms with E-state index in [2.05, 4.69) is 0 Å². The van der Waals surface area contributed by atoms with Crippen molar-refractivity contribution in [2.24, 2.45) is 16.6 Å². The quantitative estimate of drug-likeness (QED) is 0.886. The number of halogens is 2. The maximum absolute atomic E-state index is 13.8. The van der Waals surface area contributed by atoms with Crippen molar-refractivity contribution in [1.29, 1.82) is 0 Å². The highest BCUT2D eigenvalue weighted by Crippen LogP contribution is 2.50. The molecule has 0 saturated heterocycles. The second-order valence-electron chi connectivity index (χ2n) is 6.37. The molecule has 3 N–H and O–H groups in total. The first-order valence-corrected chi connectivity index (χ1v) is 6.63. The van der Waals surface area contributed by atoms with Crippen molar-refractivity contribution in [3.63, 3.8) is 0 Å². The van der Waals surface area contributed by atoms with Gasteiger partial charge in [0.1, 0.15) is 11.6 Å². The second kappa shape index (κ2) is 4.84. The van der Waals surface area contributed by atoms with E-state index in [4.69, 9.17) is 5.73 Å². The maximum atomic E-state index is 13.8. The van der Waals surface area contributed by atoms with Crippen LogP contribution in [0.5, 0.6) is 0 Å². The molecule has 0 heterocycles. The molecule has 2 atom stereocenters. The molecule has 0 aliphatic heterocycles. The smallest absolute Gasteiger partial charge is 0.126 e. The minimum Gasteiger partial charge on any atom is -0.392 e. The summed E-state index contributed by atoms with van der Waals surface area (Å²) in [6, 6.07) is 3.43. The minimum absolute atomic E-state index is 0.233. The highest BCUT2D eigenvalue weighted by molar-refractivity contribution is 5.22. The number of aliphatic hydroxyl groups is 1. The first kappa shape index (κ1) is 14.4. The number of hydrogen-bond acceptors (Lipinski definition) is 2. The predicted molar refractivity (Wildman–Crippen MR) is 70.6 cm³/mol. The summed E-state index contributed by atoms with van der Waals surface area (Å²) >= 11 is 0. The van der Waals surface area contributed by atoms with Crippen LogP contribution >= 0.6 is 0 Å². The third-order valence-corrected chi connectivity index (χ3v) is 4.54. The van der Waals surface area contributed by atoms with Crippen molar-refractivity contribution in [1.82, 2.24) is 0 Å². The lowest BCUT2D eigenvalue weighted by Gasteiger charge is -2.36. The normalized spacial score (nSPS) is 29.7. The molecule has 2 rings (SSSR count). The number of nitrogens with two attached hydrogens (primary N) is 1. The molecule has 0 bridgehead atoms. The Bertz CT molecular complexity index is 475. The Morgan fingerprint density at radius 3 is 2.53 bits per heavy atom. The van der Waals surface area contributed by atoms with Gasteiger partial charge in [-0.15, -0.1) is 0 Å². The lowest BCUT2D eigenvalue weighted by molar-refractivity contribution is -0.00501. The van der Waals surface area contributed by atoms with Crippen LogP contribution in [0.1, 0.15) is 32.3 Å². The molecular weight excluding hydrogens is 248 g/mol. The molecule has 1 aromatic carbocycles. The van der Waals surface area contributed by atoms with Gasteiger partial charge in [0.15, 0.2) is 0 Å². The third kappa shape index (κ3) is 2.51. The maximum Gasteiger partial charge on any atom is 0.126 e. The van der Waals surface area contributed by atoms with Crippen molar-refractivity contribution in [2.45, 2.75) is 39.2 Å². The molecule has 1 aliphatic rings. The Morgan fingerprint density at radius 1 is 1.32 bits per heavy atom. The van der Waals surface area contributed by atoms with E-state index in [0.717, 1.165) is 25.0 Å². The van der Waals surface area contributed by atoms with Gasteiger partial charge in [0.05, 0.1) is 6.10 Å². The van der Waals surface area contributed by atoms with Gasteiger partial charge in [-0.05, 0) is 48.4 Å². The fourth-order valence-corrected chi connectivity index (χ4v) is 3.20. The van der Waals surface area contributed by atoms with Crippen LogP contribution in [0.15, 0.2) is 18.2 Å². The number of rotatable bonds is 3. The molecule has 1 aromatic rings. The molecule has 4 heteroatoms. The van der Waals surface area contributed by atoms with Gasteiger partial charge in [-0.2, -0.15) is 0 Å². The first-order chi connectivity index (χ1) is 8.81. The van der Waals surface area contributed by atoms with Crippen molar-refractivity contribution in [3.05, 3.63) is 35.4 Å². The molecule has 106 valence electrons. The van der Waals surface area contributed by atoms with Gasteiger partial charge in [0.2, 0.25) is 0 Å². The molecular formula is C15H21F2NO. The molecule has 2 unspecified atom stereocenters. The van der Waals surface area contributed by atoms with Gasteiger partial charge in [-0.25, -0.2) is 8.78 Å². The van der Waals surface area contributed by atoms with E-state index in [-0.39, 0.29) is 18.4 Å². The van der Waals surface area contributed by atoms with Crippen LogP contribution in [-0.4, -0.2) is 17.8 Å². The standard InChI is InChI=1S/C15H21F2NO/c1-14(2)5-6-15(9-18,13(14)19)8-10-7-11(16)3-4-12(10)17/h3-4,7,13,19H,5-6,8-9,18H2,1-2H3. The summed E-state index contributed by atoms with van der Waals surface area (Å²) in [5.74, 6) is -0.901. The van der Waals surface area contributed by atoms with Gasteiger partial charge < -0.3 is 10.8 Å². The molecule has 2 nitrogen and oxygen atoms in total. The van der Waals surface area contributed by atoms with E-state index in [9.17, 15) is 13.9 Å². The predicted octanol–water partition coefficient (Wildman–Crippen LogP) is 2.63. The average molecular weight is 269 g/mol. The first-order valence-electron chi connectivity index (χ1n) is 6.63. The second-order valence-corrected chi connectivity index (χ2v) is 6.37. The van der Waals surface area contributed by atoms with E-state index in [1.54, 1.807) is 0 Å². The summed E-state index contributed by atoms with van der Waals surface area (Å²) in [4.78, 5) is 0. The van der Waals surface area contributed by atoms with Crippen LogP contribution in [0.25, 0.3) is 0 Å². The van der Waals surface area contributed by atoms with Gasteiger partial charge in [0, 0.05) is 12.0 Å². The summed E-state index contributed by atoms with van der Waals surface area (Å²) in [6.07, 6.45) is 1.24. The molecule has 1 saturated carbocycles. The Labute approximate surface area is 112 Å². The Morgan fingerprint density at radius 2 is 2.00 bits per heavy atom. The molecule has 0 amide bonds. The molecule has 0 spiro atoms. The summed E-state index contributed by atoms with van der Waals surface area (Å²) in [6.45, 7) is 4.24. The molecule has 1 aliphatic carbocycles. The molecule has 0 radical (unpaired) electrons. The van der Waals surface area contributed by atoms with Gasteiger partial charge in [-0.3, -0.25) is 0 Å². The van der Waals surface area contributed by atoms with Crippen LogP contribution in [0.3, 0.4) is 0 Å². The highest BCUT2D eigenvalue weighted by atomic mass is 19.1. The monoisotopic (exact) mass is 269 g/mol. The molecule has 0 aromatic heterocycles.